The third-order valence-corrected chi connectivity index (χ3v) is 5.73. The molecule has 0 fully saturated rings. The highest BCUT2D eigenvalue weighted by Gasteiger charge is 2.38. The minimum Gasteiger partial charge on any atom is -0.497 e. The number of halogens is 3. The van der Waals surface area contributed by atoms with E-state index in [2.05, 4.69) is 0 Å². The third kappa shape index (κ3) is 7.39. The molecule has 0 saturated heterocycles. The zero-order valence-electron chi connectivity index (χ0n) is 20.2. The van der Waals surface area contributed by atoms with Crippen LogP contribution in [0.2, 0.25) is 0 Å². The monoisotopic (exact) mass is 560 g/mol. The lowest BCUT2D eigenvalue weighted by Gasteiger charge is -2.29. The Morgan fingerprint density at radius 3 is 1.05 bits per heavy atom. The van der Waals surface area contributed by atoms with Gasteiger partial charge < -0.3 is 14.2 Å². The lowest BCUT2D eigenvalue weighted by Crippen LogP contribution is -2.38. The number of rotatable bonds is 12. The van der Waals surface area contributed by atoms with Crippen LogP contribution in [0, 0.1) is 17.5 Å². The summed E-state index contributed by atoms with van der Waals surface area (Å²) in [5.74, 6) is 15.2. The van der Waals surface area contributed by atoms with Crippen LogP contribution >= 0.6 is 7.82 Å². The molecule has 3 aromatic carbocycles. The summed E-state index contributed by atoms with van der Waals surface area (Å²) in [6, 6.07) is 9.52. The van der Waals surface area contributed by atoms with Crippen LogP contribution in [0.5, 0.6) is 17.2 Å². The first kappa shape index (κ1) is 28.8. The molecule has 0 atom stereocenters. The molecule has 0 saturated carbocycles. The Balaban J connectivity index is 1.95. The lowest BCUT2D eigenvalue weighted by molar-refractivity contribution is 0.0857. The average Bonchev–Trinajstić information content (AvgIpc) is 2.87. The Labute approximate surface area is 214 Å². The highest BCUT2D eigenvalue weighted by molar-refractivity contribution is 7.48. The average molecular weight is 560 g/mol. The lowest BCUT2D eigenvalue weighted by atomic mass is 10.3. The van der Waals surface area contributed by atoms with Crippen LogP contribution in [0.4, 0.5) is 30.2 Å². The maximum Gasteiger partial charge on any atom is 0.543 e. The number of phosphoric acid groups is 1. The van der Waals surface area contributed by atoms with Crippen LogP contribution in [0.25, 0.3) is 0 Å². The van der Waals surface area contributed by atoms with Gasteiger partial charge in [-0.3, -0.25) is 0 Å². The van der Waals surface area contributed by atoms with Gasteiger partial charge in [0.2, 0.25) is 0 Å². The standard InChI is InChI=1S/C21H24F3N6O7P/c1-32-19-7-13(22)4-16(10-19)28(25)35-38(31,36-29(26)17-5-14(23)8-20(11-17)33-2)37-30(27)18-6-15(24)9-21(12-18)34-3/h4-12H,25-27H2,1-3H3. The van der Waals surface area contributed by atoms with E-state index in [0.29, 0.717) is 15.5 Å². The van der Waals surface area contributed by atoms with Crippen molar-refractivity contribution >= 4 is 24.9 Å². The van der Waals surface area contributed by atoms with E-state index in [1.165, 1.54) is 39.5 Å². The second-order valence-corrected chi connectivity index (χ2v) is 8.60. The van der Waals surface area contributed by atoms with Crippen molar-refractivity contribution in [1.82, 2.24) is 0 Å². The van der Waals surface area contributed by atoms with Crippen molar-refractivity contribution in [3.8, 4) is 17.2 Å². The number of anilines is 3. The number of nitrogens with two attached hydrogens (primary N) is 3. The summed E-state index contributed by atoms with van der Waals surface area (Å²) >= 11 is 0. The summed E-state index contributed by atoms with van der Waals surface area (Å²) in [5, 5.41) is 0.977. The maximum atomic E-state index is 14.0. The largest absolute Gasteiger partial charge is 0.543 e. The van der Waals surface area contributed by atoms with Gasteiger partial charge in [-0.05, 0) is 0 Å². The number of methoxy groups -OCH3 is 3. The number of ether oxygens (including phenoxy) is 3. The normalized spacial score (nSPS) is 11.2. The number of hydrazine groups is 3. The SMILES string of the molecule is COc1cc(F)cc(N(N)OP(=O)(ON(N)c2cc(F)cc(OC)c2)ON(N)c2cc(F)cc(OC)c2)c1. The van der Waals surface area contributed by atoms with E-state index < -0.39 is 25.3 Å². The molecule has 0 heterocycles. The molecule has 3 rings (SSSR count). The van der Waals surface area contributed by atoms with Crippen LogP contribution < -0.4 is 47.3 Å². The molecule has 38 heavy (non-hydrogen) atoms. The van der Waals surface area contributed by atoms with E-state index in [1.807, 2.05) is 0 Å². The van der Waals surface area contributed by atoms with Crippen molar-refractivity contribution in [2.45, 2.75) is 0 Å². The number of benzene rings is 3. The van der Waals surface area contributed by atoms with Gasteiger partial charge in [0.1, 0.15) is 34.7 Å². The van der Waals surface area contributed by atoms with Gasteiger partial charge in [0.15, 0.2) is 0 Å². The zero-order valence-corrected chi connectivity index (χ0v) is 21.1. The molecule has 206 valence electrons. The summed E-state index contributed by atoms with van der Waals surface area (Å²) in [6.07, 6.45) is 0. The fourth-order valence-electron chi connectivity index (χ4n) is 2.89. The van der Waals surface area contributed by atoms with Crippen LogP contribution in [-0.4, -0.2) is 21.3 Å². The molecule has 0 spiro atoms. The zero-order chi connectivity index (χ0) is 28.0. The summed E-state index contributed by atoms with van der Waals surface area (Å²) in [7, 11) is -1.26. The number of hydrogen-bond acceptors (Lipinski definition) is 13. The molecule has 0 aliphatic carbocycles. The molecule has 0 radical (unpaired) electrons. The van der Waals surface area contributed by atoms with Gasteiger partial charge >= 0.3 is 7.82 Å². The Morgan fingerprint density at radius 2 is 0.816 bits per heavy atom. The van der Waals surface area contributed by atoms with Gasteiger partial charge in [-0.2, -0.15) is 15.5 Å². The Hall–Kier alpha value is -3.76. The molecule has 0 bridgehead atoms. The number of nitrogens with zero attached hydrogens (tertiary/aromatic N) is 3. The highest BCUT2D eigenvalue weighted by atomic mass is 31.2. The van der Waals surface area contributed by atoms with Gasteiger partial charge in [0.25, 0.3) is 0 Å². The van der Waals surface area contributed by atoms with Gasteiger partial charge in [0, 0.05) is 54.6 Å². The molecular formula is C21H24F3N6O7P. The fraction of sp³-hybridized carbons (Fsp3) is 0.143. The summed E-state index contributed by atoms with van der Waals surface area (Å²) in [5.41, 5.74) is -0.621. The molecule has 17 heteroatoms. The molecule has 0 unspecified atom stereocenters. The second kappa shape index (κ2) is 12.2. The fourth-order valence-corrected chi connectivity index (χ4v) is 3.91. The van der Waals surface area contributed by atoms with Crippen LogP contribution in [-0.2, 0) is 18.4 Å². The Bertz CT molecular complexity index is 1170. The molecule has 0 aliphatic rings. The third-order valence-electron chi connectivity index (χ3n) is 4.60. The van der Waals surface area contributed by atoms with Gasteiger partial charge in [0.05, 0.1) is 38.4 Å². The topological polar surface area (TPSA) is 160 Å². The first-order chi connectivity index (χ1) is 17.9. The predicted molar refractivity (Wildman–Crippen MR) is 130 cm³/mol. The highest BCUT2D eigenvalue weighted by Crippen LogP contribution is 2.52. The van der Waals surface area contributed by atoms with Crippen molar-refractivity contribution in [2.24, 2.45) is 17.5 Å². The summed E-state index contributed by atoms with van der Waals surface area (Å²) in [4.78, 5) is 0. The van der Waals surface area contributed by atoms with Crippen molar-refractivity contribution in [1.29, 1.82) is 0 Å². The quantitative estimate of drug-likeness (QED) is 0.168. The van der Waals surface area contributed by atoms with E-state index in [-0.39, 0.29) is 34.3 Å². The molecule has 0 aliphatic heterocycles. The van der Waals surface area contributed by atoms with Gasteiger partial charge in [-0.1, -0.05) is 0 Å². The van der Waals surface area contributed by atoms with E-state index in [0.717, 1.165) is 36.4 Å². The van der Waals surface area contributed by atoms with Crippen LogP contribution in [0.15, 0.2) is 54.6 Å². The van der Waals surface area contributed by atoms with Crippen molar-refractivity contribution in [3.05, 3.63) is 72.0 Å². The summed E-state index contributed by atoms with van der Waals surface area (Å²) < 4.78 is 86.0. The first-order valence-corrected chi connectivity index (χ1v) is 11.8. The van der Waals surface area contributed by atoms with E-state index in [4.69, 9.17) is 45.6 Å². The van der Waals surface area contributed by atoms with Crippen molar-refractivity contribution in [2.75, 3.05) is 36.8 Å². The minimum atomic E-state index is -5.09. The molecule has 3 aromatic rings. The second-order valence-electron chi connectivity index (χ2n) is 7.22. The number of hydrogen-bond donors (Lipinski definition) is 3. The first-order valence-electron chi connectivity index (χ1n) is 10.3. The van der Waals surface area contributed by atoms with E-state index >= 15 is 0 Å². The van der Waals surface area contributed by atoms with Gasteiger partial charge in [-0.15, -0.1) is 13.9 Å². The Morgan fingerprint density at radius 1 is 0.553 bits per heavy atom. The predicted octanol–water partition coefficient (Wildman–Crippen LogP) is 3.47. The summed E-state index contributed by atoms with van der Waals surface area (Å²) in [6.45, 7) is 0. The molecule has 0 aromatic heterocycles. The minimum absolute atomic E-state index is 0.0373. The van der Waals surface area contributed by atoms with Crippen LogP contribution in [0.3, 0.4) is 0 Å². The van der Waals surface area contributed by atoms with Crippen molar-refractivity contribution < 1.29 is 45.8 Å². The Kier molecular flexibility index (Phi) is 9.24. The van der Waals surface area contributed by atoms with E-state index in [1.54, 1.807) is 0 Å². The van der Waals surface area contributed by atoms with Crippen molar-refractivity contribution in [3.63, 3.8) is 0 Å². The maximum absolute atomic E-state index is 14.0. The molecular weight excluding hydrogens is 536 g/mol. The molecule has 13 nitrogen and oxygen atoms in total. The van der Waals surface area contributed by atoms with Gasteiger partial charge in [-0.25, -0.2) is 35.3 Å². The molecule has 0 amide bonds. The smallest absolute Gasteiger partial charge is 0.497 e. The molecule has 6 N–H and O–H groups in total. The van der Waals surface area contributed by atoms with E-state index in [9.17, 15) is 17.7 Å². The van der Waals surface area contributed by atoms with Crippen LogP contribution in [0.1, 0.15) is 0 Å².